The Labute approximate surface area is 382 Å². The molecule has 1 aliphatic heterocycles. The van der Waals surface area contributed by atoms with Crippen LogP contribution in [-0.2, 0) is 6.42 Å². The van der Waals surface area contributed by atoms with E-state index in [0.717, 1.165) is 103 Å². The molecule has 3 aliphatic rings. The van der Waals surface area contributed by atoms with E-state index in [1.54, 1.807) is 48.1 Å². The summed E-state index contributed by atoms with van der Waals surface area (Å²) in [5.74, 6) is 11.5. The number of carbonyl (C=O) groups is 1. The predicted octanol–water partition coefficient (Wildman–Crippen LogP) is 9.11. The molecule has 64 heavy (non-hydrogen) atoms. The van der Waals surface area contributed by atoms with E-state index < -0.39 is 0 Å². The van der Waals surface area contributed by atoms with Gasteiger partial charge in [0.1, 0.15) is 34.9 Å². The second kappa shape index (κ2) is 18.8. The van der Waals surface area contributed by atoms with Crippen LogP contribution in [0.2, 0.25) is 5.02 Å². The van der Waals surface area contributed by atoms with Crippen molar-refractivity contribution in [3.05, 3.63) is 128 Å². The van der Waals surface area contributed by atoms with Gasteiger partial charge in [-0.15, -0.1) is 31.7 Å². The van der Waals surface area contributed by atoms with Crippen LogP contribution >= 0.6 is 22.9 Å². The van der Waals surface area contributed by atoms with Gasteiger partial charge in [-0.3, -0.25) is 14.4 Å². The molecular weight excluding hydrogens is 844 g/mol. The van der Waals surface area contributed by atoms with Crippen LogP contribution in [0.4, 0.5) is 5.82 Å². The van der Waals surface area contributed by atoms with Crippen molar-refractivity contribution in [3.63, 3.8) is 0 Å². The summed E-state index contributed by atoms with van der Waals surface area (Å²) in [4.78, 5) is 26.1. The van der Waals surface area contributed by atoms with Crippen molar-refractivity contribution in [2.24, 2.45) is 16.8 Å². The molecule has 5 heterocycles. The Balaban J connectivity index is 0.726. The number of oxazole rings is 1. The number of aryl methyl sites for hydroxylation is 2. The molecule has 9 rings (SSSR count). The Hall–Kier alpha value is -6.35. The standard InChI is InChI=1S/C49H49ClN10O3S/c1-29-30(2)64-49-45(29)46(54-42(27-44-52-21-23-62-44)47-58-55-31(3)60(47)49)35-11-9-32(10-12-35)7-8-34-24-33(25-34)6-5-22-59(4)43-20-19-41(56-57-43)48(61)53-37-14-17-38(18-15-37)63-39-16-13-36(28-51)40(50)26-39/h9-13,16,19-21,23,26,33-34,37-38,42H,5-6,14-15,17-18,22,24-25,27H2,1-4H3,(H,53,61)/t33?,34?,37?,38?,42-/m0/s1. The highest BCUT2D eigenvalue weighted by Gasteiger charge is 2.33. The van der Waals surface area contributed by atoms with Crippen molar-refractivity contribution in [1.29, 1.82) is 5.26 Å². The minimum Gasteiger partial charge on any atom is -0.490 e. The average Bonchev–Trinajstić information content (AvgIpc) is 4.00. The summed E-state index contributed by atoms with van der Waals surface area (Å²) in [5.41, 5.74) is 6.03. The maximum absolute atomic E-state index is 13.0. The number of hydrogen-bond acceptors (Lipinski definition) is 12. The van der Waals surface area contributed by atoms with Crippen molar-refractivity contribution < 1.29 is 13.9 Å². The third kappa shape index (κ3) is 9.30. The molecule has 2 aliphatic carbocycles. The molecule has 6 aromatic rings. The lowest BCUT2D eigenvalue weighted by atomic mass is 9.73. The summed E-state index contributed by atoms with van der Waals surface area (Å²) < 4.78 is 13.9. The van der Waals surface area contributed by atoms with Gasteiger partial charge in [0.15, 0.2) is 23.2 Å². The van der Waals surface area contributed by atoms with Crippen LogP contribution in [0.25, 0.3) is 5.00 Å². The van der Waals surface area contributed by atoms with E-state index in [0.29, 0.717) is 46.2 Å². The largest absolute Gasteiger partial charge is 0.490 e. The minimum absolute atomic E-state index is 0.0312. The third-order valence-corrected chi connectivity index (χ3v) is 14.2. The number of carbonyl (C=O) groups excluding carboxylic acids is 1. The number of nitrogens with one attached hydrogen (secondary N) is 1. The molecule has 13 nitrogen and oxygen atoms in total. The van der Waals surface area contributed by atoms with E-state index in [1.165, 1.54) is 10.4 Å². The first-order valence-corrected chi connectivity index (χ1v) is 23.1. The Bertz CT molecular complexity index is 2770. The maximum Gasteiger partial charge on any atom is 0.272 e. The van der Waals surface area contributed by atoms with E-state index in [-0.39, 0.29) is 24.1 Å². The lowest BCUT2D eigenvalue weighted by Crippen LogP contribution is -2.40. The molecule has 1 amide bonds. The summed E-state index contributed by atoms with van der Waals surface area (Å²) in [6.07, 6.45) is 11.4. The number of nitriles is 1. The molecule has 1 N–H and O–H groups in total. The number of anilines is 1. The van der Waals surface area contributed by atoms with Gasteiger partial charge in [-0.2, -0.15) is 5.26 Å². The van der Waals surface area contributed by atoms with Gasteiger partial charge in [-0.05, 0) is 120 Å². The van der Waals surface area contributed by atoms with Crippen LogP contribution in [-0.4, -0.2) is 67.3 Å². The molecule has 2 saturated carbocycles. The summed E-state index contributed by atoms with van der Waals surface area (Å²) >= 11 is 7.91. The second-order valence-corrected chi connectivity index (χ2v) is 18.7. The Morgan fingerprint density at radius 2 is 1.84 bits per heavy atom. The highest BCUT2D eigenvalue weighted by molar-refractivity contribution is 7.15. The number of ether oxygens (including phenoxy) is 1. The topological polar surface area (TPSA) is 160 Å². The molecule has 2 aromatic carbocycles. The Morgan fingerprint density at radius 1 is 1.03 bits per heavy atom. The van der Waals surface area contributed by atoms with E-state index in [2.05, 4.69) is 96.2 Å². The van der Waals surface area contributed by atoms with Crippen molar-refractivity contribution in [1.82, 2.24) is 35.3 Å². The SMILES string of the molecule is Cc1sc2c(c1C)C(c1ccc(C#CC3CC(CCCN(C)c4ccc(C(=O)NC5CCC(Oc6ccc(C#N)c(Cl)c6)CC5)nn4)C3)cc1)=N[C@@H](Cc1ncco1)c1nnc(C)n1-2. The van der Waals surface area contributed by atoms with Gasteiger partial charge in [0, 0.05) is 53.2 Å². The summed E-state index contributed by atoms with van der Waals surface area (Å²) in [5, 5.41) is 31.4. The monoisotopic (exact) mass is 892 g/mol. The van der Waals surface area contributed by atoms with Crippen molar-refractivity contribution in [2.75, 3.05) is 18.5 Å². The number of nitrogens with zero attached hydrogens (tertiary/aromatic N) is 9. The lowest BCUT2D eigenvalue weighted by Gasteiger charge is -2.32. The number of aromatic nitrogens is 6. The number of aliphatic imine (C=N–C) groups is 1. The van der Waals surface area contributed by atoms with Crippen LogP contribution in [0.5, 0.6) is 5.75 Å². The lowest BCUT2D eigenvalue weighted by molar-refractivity contribution is 0.0888. The molecule has 1 atom stereocenters. The van der Waals surface area contributed by atoms with Gasteiger partial charge < -0.3 is 19.4 Å². The highest BCUT2D eigenvalue weighted by atomic mass is 35.5. The second-order valence-electron chi connectivity index (χ2n) is 17.1. The molecule has 0 radical (unpaired) electrons. The van der Waals surface area contributed by atoms with E-state index in [1.807, 2.05) is 20.0 Å². The Morgan fingerprint density at radius 3 is 2.56 bits per heavy atom. The first-order valence-electron chi connectivity index (χ1n) is 21.9. The van der Waals surface area contributed by atoms with Crippen LogP contribution in [0.1, 0.15) is 118 Å². The van der Waals surface area contributed by atoms with Crippen molar-refractivity contribution >= 4 is 40.4 Å². The molecule has 4 aromatic heterocycles. The summed E-state index contributed by atoms with van der Waals surface area (Å²) in [6.45, 7) is 7.16. The van der Waals surface area contributed by atoms with Crippen molar-refractivity contribution in [2.45, 2.75) is 96.7 Å². The maximum atomic E-state index is 13.0. The van der Waals surface area contributed by atoms with Crippen LogP contribution in [0, 0.1) is 55.8 Å². The van der Waals surface area contributed by atoms with Crippen LogP contribution in [0.15, 0.2) is 76.5 Å². The van der Waals surface area contributed by atoms with Gasteiger partial charge >= 0.3 is 0 Å². The van der Waals surface area contributed by atoms with Gasteiger partial charge in [-0.1, -0.05) is 35.6 Å². The number of benzene rings is 2. The zero-order chi connectivity index (χ0) is 44.3. The predicted molar refractivity (Wildman–Crippen MR) is 246 cm³/mol. The molecule has 0 spiro atoms. The van der Waals surface area contributed by atoms with E-state index >= 15 is 0 Å². The number of fused-ring (bicyclic) bond motifs is 3. The van der Waals surface area contributed by atoms with Crippen LogP contribution in [0.3, 0.4) is 0 Å². The smallest absolute Gasteiger partial charge is 0.272 e. The number of halogens is 1. The zero-order valence-corrected chi connectivity index (χ0v) is 37.9. The fourth-order valence-electron chi connectivity index (χ4n) is 8.85. The minimum atomic E-state index is -0.310. The normalized spacial score (nSPS) is 20.0. The van der Waals surface area contributed by atoms with Gasteiger partial charge in [0.25, 0.3) is 5.91 Å². The summed E-state index contributed by atoms with van der Waals surface area (Å²) in [6, 6.07) is 19.0. The molecular formula is C49H49ClN10O3S. The fourth-order valence-corrected chi connectivity index (χ4v) is 10.3. The molecule has 2 fully saturated rings. The van der Waals surface area contributed by atoms with Crippen LogP contribution < -0.4 is 15.0 Å². The van der Waals surface area contributed by atoms with E-state index in [4.69, 9.17) is 31.0 Å². The van der Waals surface area contributed by atoms with Gasteiger partial charge in [-0.25, -0.2) is 4.98 Å². The van der Waals surface area contributed by atoms with Gasteiger partial charge in [0.05, 0.1) is 35.0 Å². The molecule has 0 unspecified atom stereocenters. The first-order chi connectivity index (χ1) is 31.1. The first kappa shape index (κ1) is 42.9. The zero-order valence-electron chi connectivity index (χ0n) is 36.3. The number of hydrogen-bond donors (Lipinski definition) is 1. The number of amides is 1. The third-order valence-electron chi connectivity index (χ3n) is 12.7. The van der Waals surface area contributed by atoms with Crippen molar-refractivity contribution in [3.8, 4) is 28.7 Å². The number of thiophene rings is 1. The number of rotatable bonds is 12. The quantitative estimate of drug-likeness (QED) is 0.117. The average molecular weight is 894 g/mol. The molecule has 15 heteroatoms. The Kier molecular flexibility index (Phi) is 12.6. The fraction of sp³-hybridized carbons (Fsp3) is 0.388. The highest BCUT2D eigenvalue weighted by Crippen LogP contribution is 2.40. The van der Waals surface area contributed by atoms with Gasteiger partial charge in [0.2, 0.25) is 0 Å². The molecule has 0 bridgehead atoms. The molecule has 0 saturated heterocycles. The molecule has 326 valence electrons. The summed E-state index contributed by atoms with van der Waals surface area (Å²) in [7, 11) is 2.02. The van der Waals surface area contributed by atoms with E-state index in [9.17, 15) is 4.79 Å².